The molecule has 2 fully saturated rings. The second-order valence-electron chi connectivity index (χ2n) is 5.65. The van der Waals surface area contributed by atoms with Gasteiger partial charge in [0.2, 0.25) is 0 Å². The van der Waals surface area contributed by atoms with Crippen LogP contribution in [-0.4, -0.2) is 30.7 Å². The molecular formula is C12H24N+. The third kappa shape index (κ3) is 2.07. The molecule has 0 bridgehead atoms. The topological polar surface area (TPSA) is 0 Å². The van der Waals surface area contributed by atoms with Crippen LogP contribution >= 0.6 is 0 Å². The zero-order chi connectivity index (χ0) is 9.31. The van der Waals surface area contributed by atoms with Crippen LogP contribution in [0.5, 0.6) is 0 Å². The molecule has 0 radical (unpaired) electrons. The number of rotatable bonds is 0. The summed E-state index contributed by atoms with van der Waals surface area (Å²) in [6.07, 6.45) is 5.92. The van der Waals surface area contributed by atoms with E-state index < -0.39 is 0 Å². The second kappa shape index (κ2) is 3.61. The molecule has 2 aliphatic rings. The molecule has 1 spiro atoms. The molecule has 0 aromatic rings. The molecule has 1 heteroatoms. The molecule has 0 aromatic heterocycles. The highest BCUT2D eigenvalue weighted by molar-refractivity contribution is 4.67. The summed E-state index contributed by atoms with van der Waals surface area (Å²) in [4.78, 5) is 0. The molecule has 0 saturated carbocycles. The Bertz CT molecular complexity index is 156. The fourth-order valence-corrected chi connectivity index (χ4v) is 3.52. The van der Waals surface area contributed by atoms with Crippen molar-refractivity contribution in [2.75, 3.05) is 26.2 Å². The van der Waals surface area contributed by atoms with Gasteiger partial charge in [-0.15, -0.1) is 0 Å². The minimum Gasteiger partial charge on any atom is -0.323 e. The number of hydrogen-bond acceptors (Lipinski definition) is 0. The fourth-order valence-electron chi connectivity index (χ4n) is 3.52. The van der Waals surface area contributed by atoms with Crippen molar-refractivity contribution in [1.29, 1.82) is 0 Å². The normalized spacial score (nSPS) is 39.2. The molecule has 2 heterocycles. The Labute approximate surface area is 82.7 Å². The molecule has 2 rings (SSSR count). The van der Waals surface area contributed by atoms with Gasteiger partial charge in [0, 0.05) is 24.7 Å². The Morgan fingerprint density at radius 1 is 0.846 bits per heavy atom. The number of nitrogens with zero attached hydrogens (tertiary/aromatic N) is 1. The molecule has 76 valence electrons. The summed E-state index contributed by atoms with van der Waals surface area (Å²) in [5, 5.41) is 0. The predicted molar refractivity (Wildman–Crippen MR) is 56.5 cm³/mol. The highest BCUT2D eigenvalue weighted by Crippen LogP contribution is 2.30. The zero-order valence-corrected chi connectivity index (χ0v) is 9.26. The monoisotopic (exact) mass is 182 g/mol. The highest BCUT2D eigenvalue weighted by atomic mass is 15.4. The van der Waals surface area contributed by atoms with Gasteiger partial charge in [0.05, 0.1) is 26.2 Å². The van der Waals surface area contributed by atoms with Crippen molar-refractivity contribution in [2.45, 2.75) is 39.5 Å². The first kappa shape index (κ1) is 9.51. The average molecular weight is 182 g/mol. The lowest BCUT2D eigenvalue weighted by Gasteiger charge is -2.36. The van der Waals surface area contributed by atoms with Crippen molar-refractivity contribution in [3.8, 4) is 0 Å². The SMILES string of the molecule is CC1CCC(C)C[N+]2(CCCC2)C1. The lowest BCUT2D eigenvalue weighted by molar-refractivity contribution is -0.921. The molecule has 0 aromatic carbocycles. The van der Waals surface area contributed by atoms with Gasteiger partial charge in [0.15, 0.2) is 0 Å². The van der Waals surface area contributed by atoms with E-state index in [0.29, 0.717) is 0 Å². The molecule has 2 unspecified atom stereocenters. The van der Waals surface area contributed by atoms with Gasteiger partial charge in [-0.1, -0.05) is 13.8 Å². The maximum absolute atomic E-state index is 2.45. The van der Waals surface area contributed by atoms with E-state index >= 15 is 0 Å². The van der Waals surface area contributed by atoms with Crippen LogP contribution < -0.4 is 0 Å². The first-order valence-corrected chi connectivity index (χ1v) is 6.05. The summed E-state index contributed by atoms with van der Waals surface area (Å²) in [5.74, 6) is 1.95. The van der Waals surface area contributed by atoms with Crippen molar-refractivity contribution < 1.29 is 4.48 Å². The van der Waals surface area contributed by atoms with E-state index in [9.17, 15) is 0 Å². The van der Waals surface area contributed by atoms with Crippen LogP contribution in [0.25, 0.3) is 0 Å². The van der Waals surface area contributed by atoms with E-state index in [1.807, 2.05) is 0 Å². The van der Waals surface area contributed by atoms with Crippen molar-refractivity contribution in [3.05, 3.63) is 0 Å². The van der Waals surface area contributed by atoms with E-state index in [1.165, 1.54) is 56.3 Å². The lowest BCUT2D eigenvalue weighted by atomic mass is 10.0. The molecule has 13 heavy (non-hydrogen) atoms. The summed E-state index contributed by atoms with van der Waals surface area (Å²) < 4.78 is 1.47. The Balaban J connectivity index is 2.07. The smallest absolute Gasteiger partial charge is 0.0812 e. The third-order valence-corrected chi connectivity index (χ3v) is 4.07. The Morgan fingerprint density at radius 3 is 1.77 bits per heavy atom. The summed E-state index contributed by atoms with van der Waals surface area (Å²) in [7, 11) is 0. The van der Waals surface area contributed by atoms with Crippen molar-refractivity contribution in [2.24, 2.45) is 11.8 Å². The number of hydrogen-bond donors (Lipinski definition) is 0. The predicted octanol–water partition coefficient (Wildman–Crippen LogP) is 2.66. The summed E-state index contributed by atoms with van der Waals surface area (Å²) >= 11 is 0. The second-order valence-corrected chi connectivity index (χ2v) is 5.65. The maximum Gasteiger partial charge on any atom is 0.0812 e. The van der Waals surface area contributed by atoms with E-state index in [2.05, 4.69) is 13.8 Å². The molecule has 2 aliphatic heterocycles. The number of quaternary nitrogens is 1. The minimum atomic E-state index is 0.975. The van der Waals surface area contributed by atoms with Crippen molar-refractivity contribution in [1.82, 2.24) is 0 Å². The molecule has 1 nitrogen and oxygen atoms in total. The lowest BCUT2D eigenvalue weighted by Crippen LogP contribution is -2.49. The van der Waals surface area contributed by atoms with Crippen LogP contribution in [0.2, 0.25) is 0 Å². The molecule has 0 aliphatic carbocycles. The molecule has 2 atom stereocenters. The van der Waals surface area contributed by atoms with Crippen LogP contribution in [0.4, 0.5) is 0 Å². The first-order chi connectivity index (χ1) is 6.20. The maximum atomic E-state index is 2.45. The summed E-state index contributed by atoms with van der Waals surface area (Å²) in [5.41, 5.74) is 0. The Morgan fingerprint density at radius 2 is 1.31 bits per heavy atom. The average Bonchev–Trinajstić information content (AvgIpc) is 2.43. The summed E-state index contributed by atoms with van der Waals surface area (Å²) in [6.45, 7) is 10.8. The van der Waals surface area contributed by atoms with Crippen molar-refractivity contribution in [3.63, 3.8) is 0 Å². The Kier molecular flexibility index (Phi) is 2.64. The van der Waals surface area contributed by atoms with Gasteiger partial charge in [-0.05, 0) is 12.8 Å². The standard InChI is InChI=1S/C12H24N/c1-11-5-6-12(2)10-13(9-11)7-3-4-8-13/h11-12H,3-10H2,1-2H3/q+1. The van der Waals surface area contributed by atoms with E-state index in [4.69, 9.17) is 0 Å². The van der Waals surface area contributed by atoms with Crippen LogP contribution in [0.1, 0.15) is 39.5 Å². The van der Waals surface area contributed by atoms with Crippen molar-refractivity contribution >= 4 is 0 Å². The van der Waals surface area contributed by atoms with E-state index in [1.54, 1.807) is 0 Å². The van der Waals surface area contributed by atoms with Gasteiger partial charge in [0.25, 0.3) is 0 Å². The minimum absolute atomic E-state index is 0.975. The molecular weight excluding hydrogens is 158 g/mol. The third-order valence-electron chi connectivity index (χ3n) is 4.07. The Hall–Kier alpha value is -0.0400. The summed E-state index contributed by atoms with van der Waals surface area (Å²) in [6, 6.07) is 0. The van der Waals surface area contributed by atoms with Gasteiger partial charge in [-0.2, -0.15) is 0 Å². The van der Waals surface area contributed by atoms with Crippen LogP contribution in [0.15, 0.2) is 0 Å². The first-order valence-electron chi connectivity index (χ1n) is 6.05. The molecule has 0 amide bonds. The van der Waals surface area contributed by atoms with Crippen LogP contribution in [0, 0.1) is 11.8 Å². The van der Waals surface area contributed by atoms with Crippen LogP contribution in [-0.2, 0) is 0 Å². The molecule has 0 N–H and O–H groups in total. The fraction of sp³-hybridized carbons (Fsp3) is 1.00. The van der Waals surface area contributed by atoms with Gasteiger partial charge >= 0.3 is 0 Å². The van der Waals surface area contributed by atoms with Gasteiger partial charge in [0.1, 0.15) is 0 Å². The van der Waals surface area contributed by atoms with Gasteiger partial charge in [-0.3, -0.25) is 0 Å². The van der Waals surface area contributed by atoms with E-state index in [-0.39, 0.29) is 0 Å². The van der Waals surface area contributed by atoms with Gasteiger partial charge in [-0.25, -0.2) is 0 Å². The van der Waals surface area contributed by atoms with Crippen LogP contribution in [0.3, 0.4) is 0 Å². The van der Waals surface area contributed by atoms with E-state index in [0.717, 1.165) is 11.8 Å². The molecule has 2 saturated heterocycles. The van der Waals surface area contributed by atoms with Gasteiger partial charge < -0.3 is 4.48 Å². The highest BCUT2D eigenvalue weighted by Gasteiger charge is 2.36. The largest absolute Gasteiger partial charge is 0.323 e. The zero-order valence-electron chi connectivity index (χ0n) is 9.26. The quantitative estimate of drug-likeness (QED) is 0.505.